The number of piperidine rings is 1. The topological polar surface area (TPSA) is 120 Å². The third-order valence-electron chi connectivity index (χ3n) is 6.97. The van der Waals surface area contributed by atoms with Gasteiger partial charge in [-0.05, 0) is 62.9 Å². The second-order valence-corrected chi connectivity index (χ2v) is 11.6. The molecule has 1 fully saturated rings. The maximum absolute atomic E-state index is 13.0. The first-order valence-electron chi connectivity index (χ1n) is 13.0. The van der Waals surface area contributed by atoms with E-state index in [9.17, 15) is 22.8 Å². The summed E-state index contributed by atoms with van der Waals surface area (Å²) >= 11 is 0. The minimum Gasteiger partial charge on any atom is -0.453 e. The molecule has 10 nitrogen and oxygen atoms in total. The Morgan fingerprint density at radius 1 is 1.00 bits per heavy atom. The number of carbonyl (C=O) groups is 2. The zero-order valence-corrected chi connectivity index (χ0v) is 23.2. The van der Waals surface area contributed by atoms with Crippen LogP contribution in [0.4, 0.5) is 5.69 Å². The van der Waals surface area contributed by atoms with Crippen molar-refractivity contribution >= 4 is 27.6 Å². The summed E-state index contributed by atoms with van der Waals surface area (Å²) < 4.78 is 35.5. The summed E-state index contributed by atoms with van der Waals surface area (Å²) in [7, 11) is -1.79. The van der Waals surface area contributed by atoms with Crippen LogP contribution in [-0.4, -0.2) is 53.2 Å². The number of anilines is 1. The fourth-order valence-corrected chi connectivity index (χ4v) is 6.09. The Hall–Kier alpha value is -3.70. The van der Waals surface area contributed by atoms with Crippen molar-refractivity contribution in [3.8, 4) is 5.69 Å². The van der Waals surface area contributed by atoms with E-state index in [4.69, 9.17) is 4.74 Å². The third-order valence-corrected chi connectivity index (χ3v) is 8.89. The highest BCUT2D eigenvalue weighted by Gasteiger charge is 2.26. The van der Waals surface area contributed by atoms with Gasteiger partial charge in [0.25, 0.3) is 11.5 Å². The summed E-state index contributed by atoms with van der Waals surface area (Å²) in [6, 6.07) is 15.6. The molecule has 0 radical (unpaired) electrons. The number of aryl methyl sites for hydroxylation is 1. The van der Waals surface area contributed by atoms with Gasteiger partial charge in [-0.1, -0.05) is 36.8 Å². The van der Waals surface area contributed by atoms with Crippen LogP contribution in [0, 0.1) is 6.92 Å². The molecule has 1 aliphatic heterocycles. The van der Waals surface area contributed by atoms with E-state index in [1.807, 2.05) is 18.2 Å². The molecule has 1 amide bonds. The van der Waals surface area contributed by atoms with Gasteiger partial charge < -0.3 is 10.1 Å². The van der Waals surface area contributed by atoms with E-state index in [1.165, 1.54) is 15.9 Å². The zero-order chi connectivity index (χ0) is 28.2. The SMILES string of the molecule is Cc1c(NC(=O)C(C)OC(=O)CCc2ccc(S(=O)(=O)N3CCCCC3)cc2)c(=O)n(-c2ccccc2)n1C. The van der Waals surface area contributed by atoms with Crippen molar-refractivity contribution in [1.29, 1.82) is 0 Å². The molecule has 4 rings (SSSR count). The first kappa shape index (κ1) is 28.3. The van der Waals surface area contributed by atoms with Crippen LogP contribution in [0.15, 0.2) is 64.3 Å². The van der Waals surface area contributed by atoms with Crippen molar-refractivity contribution in [2.75, 3.05) is 18.4 Å². The van der Waals surface area contributed by atoms with Crippen LogP contribution in [0.3, 0.4) is 0 Å². The van der Waals surface area contributed by atoms with E-state index < -0.39 is 28.0 Å². The van der Waals surface area contributed by atoms with Crippen LogP contribution in [0.2, 0.25) is 0 Å². The van der Waals surface area contributed by atoms with Gasteiger partial charge in [0.2, 0.25) is 10.0 Å². The van der Waals surface area contributed by atoms with Gasteiger partial charge in [-0.3, -0.25) is 19.1 Å². The molecule has 1 aromatic heterocycles. The highest BCUT2D eigenvalue weighted by molar-refractivity contribution is 7.89. The number of amides is 1. The van der Waals surface area contributed by atoms with E-state index in [-0.39, 0.29) is 22.6 Å². The highest BCUT2D eigenvalue weighted by atomic mass is 32.2. The molecule has 0 aliphatic carbocycles. The highest BCUT2D eigenvalue weighted by Crippen LogP contribution is 2.21. The summed E-state index contributed by atoms with van der Waals surface area (Å²) in [5, 5.41) is 2.60. The number of nitrogens with zero attached hydrogens (tertiary/aromatic N) is 3. The molecule has 3 aromatic rings. The molecular weight excluding hydrogens is 520 g/mol. The van der Waals surface area contributed by atoms with Crippen molar-refractivity contribution in [1.82, 2.24) is 13.7 Å². The fraction of sp³-hybridized carbons (Fsp3) is 0.393. The van der Waals surface area contributed by atoms with Gasteiger partial charge in [-0.2, -0.15) is 4.31 Å². The summed E-state index contributed by atoms with van der Waals surface area (Å²) in [5.74, 6) is -1.18. The average Bonchev–Trinajstić information content (AvgIpc) is 3.15. The number of ether oxygens (including phenoxy) is 1. The molecule has 39 heavy (non-hydrogen) atoms. The number of hydrogen-bond acceptors (Lipinski definition) is 6. The van der Waals surface area contributed by atoms with Crippen LogP contribution in [0.5, 0.6) is 0 Å². The number of benzene rings is 2. The number of rotatable bonds is 9. The summed E-state index contributed by atoms with van der Waals surface area (Å²) in [4.78, 5) is 38.4. The van der Waals surface area contributed by atoms with Gasteiger partial charge in [-0.15, -0.1) is 0 Å². The summed E-state index contributed by atoms with van der Waals surface area (Å²) in [6.07, 6.45) is 2.01. The number of para-hydroxylation sites is 1. The summed E-state index contributed by atoms with van der Waals surface area (Å²) in [5.41, 5.74) is 1.72. The van der Waals surface area contributed by atoms with Crippen molar-refractivity contribution < 1.29 is 22.7 Å². The van der Waals surface area contributed by atoms with Crippen molar-refractivity contribution in [3.63, 3.8) is 0 Å². The van der Waals surface area contributed by atoms with Gasteiger partial charge in [0.15, 0.2) is 6.10 Å². The maximum Gasteiger partial charge on any atom is 0.306 e. The predicted octanol–water partition coefficient (Wildman–Crippen LogP) is 3.16. The van der Waals surface area contributed by atoms with Gasteiger partial charge in [0.05, 0.1) is 16.3 Å². The van der Waals surface area contributed by atoms with E-state index in [0.717, 1.165) is 24.8 Å². The number of aromatic nitrogens is 2. The van der Waals surface area contributed by atoms with Gasteiger partial charge >= 0.3 is 5.97 Å². The smallest absolute Gasteiger partial charge is 0.306 e. The molecule has 1 unspecified atom stereocenters. The Bertz CT molecular complexity index is 1490. The number of esters is 1. The third kappa shape index (κ3) is 6.31. The number of hydrogen-bond donors (Lipinski definition) is 1. The van der Waals surface area contributed by atoms with Gasteiger partial charge in [-0.25, -0.2) is 13.1 Å². The Kier molecular flexibility index (Phi) is 8.71. The Balaban J connectivity index is 1.32. The standard InChI is InChI=1S/C28H34N4O6S/c1-20-26(28(35)32(30(20)3)23-10-6-4-7-11-23)29-27(34)21(2)38-25(33)17-14-22-12-15-24(16-13-22)39(36,37)31-18-8-5-9-19-31/h4,6-7,10-13,15-16,21H,5,8-9,14,17-19H2,1-3H3,(H,29,34). The molecule has 0 bridgehead atoms. The molecule has 1 aliphatic rings. The molecule has 0 saturated carbocycles. The first-order valence-corrected chi connectivity index (χ1v) is 14.5. The van der Waals surface area contributed by atoms with Crippen LogP contribution in [0.1, 0.15) is 43.9 Å². The first-order chi connectivity index (χ1) is 18.6. The van der Waals surface area contributed by atoms with Crippen LogP contribution >= 0.6 is 0 Å². The van der Waals surface area contributed by atoms with Gasteiger partial charge in [0, 0.05) is 26.6 Å². The number of nitrogens with one attached hydrogen (secondary N) is 1. The average molecular weight is 555 g/mol. The minimum absolute atomic E-state index is 0.0149. The minimum atomic E-state index is -3.51. The van der Waals surface area contributed by atoms with Crippen molar-refractivity contribution in [2.45, 2.75) is 57.0 Å². The molecular formula is C28H34N4O6S. The Morgan fingerprint density at radius 2 is 1.64 bits per heavy atom. The lowest BCUT2D eigenvalue weighted by molar-refractivity contribution is -0.153. The molecule has 1 atom stereocenters. The maximum atomic E-state index is 13.0. The molecule has 1 N–H and O–H groups in total. The van der Waals surface area contributed by atoms with Gasteiger partial charge in [0.1, 0.15) is 5.69 Å². The lowest BCUT2D eigenvalue weighted by Crippen LogP contribution is -2.35. The van der Waals surface area contributed by atoms with E-state index in [0.29, 0.717) is 30.9 Å². The molecule has 1 saturated heterocycles. The van der Waals surface area contributed by atoms with E-state index >= 15 is 0 Å². The lowest BCUT2D eigenvalue weighted by Gasteiger charge is -2.25. The number of sulfonamides is 1. The fourth-order valence-electron chi connectivity index (χ4n) is 4.58. The second kappa shape index (κ2) is 12.0. The normalized spacial score (nSPS) is 15.1. The van der Waals surface area contributed by atoms with Crippen LogP contribution in [0.25, 0.3) is 5.69 Å². The lowest BCUT2D eigenvalue weighted by atomic mass is 10.1. The van der Waals surface area contributed by atoms with Crippen molar-refractivity contribution in [2.24, 2.45) is 7.05 Å². The molecule has 0 spiro atoms. The zero-order valence-electron chi connectivity index (χ0n) is 22.4. The Morgan fingerprint density at radius 3 is 2.28 bits per heavy atom. The summed E-state index contributed by atoms with van der Waals surface area (Å²) in [6.45, 7) is 4.24. The largest absolute Gasteiger partial charge is 0.453 e. The van der Waals surface area contributed by atoms with Crippen LogP contribution < -0.4 is 10.9 Å². The van der Waals surface area contributed by atoms with E-state index in [2.05, 4.69) is 5.32 Å². The Labute approximate surface area is 228 Å². The number of carbonyl (C=O) groups excluding carboxylic acids is 2. The van der Waals surface area contributed by atoms with Crippen molar-refractivity contribution in [3.05, 3.63) is 76.2 Å². The van der Waals surface area contributed by atoms with E-state index in [1.54, 1.807) is 55.1 Å². The predicted molar refractivity (Wildman–Crippen MR) is 147 cm³/mol. The molecule has 2 aromatic carbocycles. The molecule has 11 heteroatoms. The molecule has 2 heterocycles. The van der Waals surface area contributed by atoms with Crippen LogP contribution in [-0.2, 0) is 37.8 Å². The molecule has 208 valence electrons. The quantitative estimate of drug-likeness (QED) is 0.406. The second-order valence-electron chi connectivity index (χ2n) is 9.67. The monoisotopic (exact) mass is 554 g/mol.